The lowest BCUT2D eigenvalue weighted by molar-refractivity contribution is -0.580. The number of carbonyl (C=O) groups excluding carboxylic acids is 1. The summed E-state index contributed by atoms with van der Waals surface area (Å²) in [6, 6.07) is 4.45. The quantitative estimate of drug-likeness (QED) is 0.223. The van der Waals surface area contributed by atoms with E-state index in [0.717, 1.165) is 17.7 Å². The Kier molecular flexibility index (Phi) is 8.26. The van der Waals surface area contributed by atoms with E-state index < -0.39 is 35.1 Å². The van der Waals surface area contributed by atoms with Gasteiger partial charge in [0.25, 0.3) is 11.5 Å². The number of hydrazine groups is 1. The van der Waals surface area contributed by atoms with E-state index in [4.69, 9.17) is 21.3 Å². The number of aromatic nitrogens is 5. The van der Waals surface area contributed by atoms with E-state index in [1.807, 2.05) is 11.0 Å². The average Bonchev–Trinajstić information content (AvgIpc) is 3.73. The zero-order valence-corrected chi connectivity index (χ0v) is 26.8. The molecule has 3 aromatic heterocycles. The van der Waals surface area contributed by atoms with Gasteiger partial charge in [0, 0.05) is 38.8 Å². The van der Waals surface area contributed by atoms with Crippen LogP contribution in [0.2, 0.25) is 5.02 Å². The Morgan fingerprint density at radius 2 is 1.94 bits per heavy atom. The van der Waals surface area contributed by atoms with Crippen LogP contribution in [0.1, 0.15) is 52.1 Å². The molecule has 0 bridgehead atoms. The summed E-state index contributed by atoms with van der Waals surface area (Å²) in [5, 5.41) is 14.8. The molecule has 0 unspecified atom stereocenters. The predicted molar refractivity (Wildman–Crippen MR) is 170 cm³/mol. The summed E-state index contributed by atoms with van der Waals surface area (Å²) in [5.74, 6) is -0.439. The van der Waals surface area contributed by atoms with E-state index in [1.165, 1.54) is 34.7 Å². The molecular weight excluding hydrogens is 671 g/mol. The van der Waals surface area contributed by atoms with Gasteiger partial charge >= 0.3 is 12.3 Å². The van der Waals surface area contributed by atoms with Crippen LogP contribution in [-0.4, -0.2) is 84.3 Å². The van der Waals surface area contributed by atoms with Crippen molar-refractivity contribution in [3.63, 3.8) is 0 Å². The minimum absolute atomic E-state index is 0.00235. The van der Waals surface area contributed by atoms with Gasteiger partial charge in [-0.2, -0.15) is 22.7 Å². The van der Waals surface area contributed by atoms with Gasteiger partial charge in [-0.1, -0.05) is 17.7 Å². The first-order chi connectivity index (χ1) is 23.4. The number of alkyl halides is 3. The van der Waals surface area contributed by atoms with E-state index in [0.29, 0.717) is 48.1 Å². The first kappa shape index (κ1) is 32.5. The maximum Gasteiger partial charge on any atom is 0.416 e. The van der Waals surface area contributed by atoms with Gasteiger partial charge in [0.1, 0.15) is 16.2 Å². The topological polar surface area (TPSA) is 150 Å². The molecule has 0 radical (unpaired) electrons. The fourth-order valence-corrected chi connectivity index (χ4v) is 6.58. The first-order valence-corrected chi connectivity index (χ1v) is 15.9. The molecule has 0 spiro atoms. The lowest BCUT2D eigenvalue weighted by Crippen LogP contribution is -2.51. The van der Waals surface area contributed by atoms with Gasteiger partial charge in [0.05, 0.1) is 34.4 Å². The van der Waals surface area contributed by atoms with Crippen LogP contribution in [0.15, 0.2) is 41.3 Å². The van der Waals surface area contributed by atoms with Crippen molar-refractivity contribution in [1.29, 1.82) is 0 Å². The van der Waals surface area contributed by atoms with Gasteiger partial charge in [-0.25, -0.2) is 9.55 Å². The summed E-state index contributed by atoms with van der Waals surface area (Å²) in [5.41, 5.74) is 3.33. The van der Waals surface area contributed by atoms with E-state index >= 15 is 0 Å². The lowest BCUT2D eigenvalue weighted by Gasteiger charge is -2.36. The molecule has 6 heterocycles. The molecule has 3 aliphatic rings. The second-order valence-corrected chi connectivity index (χ2v) is 12.3. The molecule has 0 aliphatic carbocycles. The van der Waals surface area contributed by atoms with Crippen molar-refractivity contribution in [2.45, 2.75) is 38.5 Å². The highest BCUT2D eigenvalue weighted by atomic mass is 35.5. The number of aryl methyl sites for hydroxylation is 1. The Morgan fingerprint density at radius 3 is 2.63 bits per heavy atom. The molecule has 1 aromatic carbocycles. The van der Waals surface area contributed by atoms with Gasteiger partial charge < -0.3 is 19.6 Å². The fraction of sp³-hybridized carbons (Fsp3) is 0.387. The standard InChI is InChI=1S/C31H29ClF3N9O5/c1-17-16-19(31(33,34)35)2-3-21(17)38-44(48)23-5-4-22-25(29(47)43-30(42(22)23)37-27(39-43)18-7-14-49-15-8-18)40-10-12-41(13-11-40)28(46)24-26(45)20(32)6-9-36-24/h2-3,6-7,9,16,23H,4-5,8,10-15H2,1H3,(H-,38,45,46,48)/p+1/t23-/m0/s1. The molecule has 0 saturated carbocycles. The monoisotopic (exact) mass is 700 g/mol. The second-order valence-electron chi connectivity index (χ2n) is 11.9. The number of carbonyl (C=O) groups is 1. The molecule has 2 N–H and O–H groups in total. The third-order valence-electron chi connectivity index (χ3n) is 8.97. The highest BCUT2D eigenvalue weighted by molar-refractivity contribution is 6.32. The largest absolute Gasteiger partial charge is 0.504 e. The van der Waals surface area contributed by atoms with Crippen LogP contribution in [0.4, 0.5) is 24.5 Å². The van der Waals surface area contributed by atoms with Gasteiger partial charge in [-0.05, 0) is 55.2 Å². The summed E-state index contributed by atoms with van der Waals surface area (Å²) >= 11 is 5.98. The number of piperazine rings is 1. The molecular formula is C31H30ClF3N9O5+. The van der Waals surface area contributed by atoms with Crippen molar-refractivity contribution in [1.82, 2.24) is 29.0 Å². The number of ether oxygens (including phenoxy) is 1. The second kappa shape index (κ2) is 12.5. The molecule has 1 saturated heterocycles. The number of hydrogen-bond donors (Lipinski definition) is 2. The fourth-order valence-electron chi connectivity index (χ4n) is 6.44. The molecule has 18 heteroatoms. The molecule has 4 aromatic rings. The Morgan fingerprint density at radius 1 is 1.16 bits per heavy atom. The summed E-state index contributed by atoms with van der Waals surface area (Å²) < 4.78 is 48.0. The Hall–Kier alpha value is -5.03. The number of aromatic hydroxyl groups is 1. The molecule has 49 heavy (non-hydrogen) atoms. The van der Waals surface area contributed by atoms with Crippen LogP contribution in [0.5, 0.6) is 5.75 Å². The van der Waals surface area contributed by atoms with Crippen molar-refractivity contribution in [2.75, 3.05) is 49.7 Å². The number of pyridine rings is 1. The SMILES string of the molecule is Cc1cc(C(F)(F)F)ccc1N[N+](=O)[C@H]1CCc2c(N3CCN(C(=O)c4nccc(Cl)c4O)CC3)c(=O)n3nc(C4=CCOCC4)nc3n21. The Bertz CT molecular complexity index is 2090. The van der Waals surface area contributed by atoms with E-state index in [2.05, 4.69) is 15.5 Å². The molecule has 256 valence electrons. The van der Waals surface area contributed by atoms with Crippen molar-refractivity contribution >= 4 is 40.2 Å². The van der Waals surface area contributed by atoms with Crippen LogP contribution in [0, 0.1) is 11.8 Å². The Labute approximate surface area is 280 Å². The maximum atomic E-state index is 14.2. The summed E-state index contributed by atoms with van der Waals surface area (Å²) in [6.45, 7) is 3.20. The summed E-state index contributed by atoms with van der Waals surface area (Å²) in [6.07, 6.45) is -1.18. The van der Waals surface area contributed by atoms with E-state index in [9.17, 15) is 32.8 Å². The van der Waals surface area contributed by atoms with Crippen molar-refractivity contribution in [2.24, 2.45) is 0 Å². The predicted octanol–water partition coefficient (Wildman–Crippen LogP) is 3.99. The van der Waals surface area contributed by atoms with Crippen LogP contribution in [0.3, 0.4) is 0 Å². The highest BCUT2D eigenvalue weighted by Gasteiger charge is 2.42. The number of amides is 1. The van der Waals surface area contributed by atoms with Crippen molar-refractivity contribution in [3.8, 4) is 5.75 Å². The third kappa shape index (κ3) is 5.86. The number of hydrogen-bond acceptors (Lipinski definition) is 9. The van der Waals surface area contributed by atoms with Crippen LogP contribution in [-0.2, 0) is 17.3 Å². The lowest BCUT2D eigenvalue weighted by atomic mass is 10.1. The highest BCUT2D eigenvalue weighted by Crippen LogP contribution is 2.36. The zero-order valence-electron chi connectivity index (χ0n) is 26.1. The van der Waals surface area contributed by atoms with E-state index in [-0.39, 0.29) is 60.3 Å². The summed E-state index contributed by atoms with van der Waals surface area (Å²) in [4.78, 5) is 53.7. The number of anilines is 2. The molecule has 1 fully saturated rings. The van der Waals surface area contributed by atoms with Crippen molar-refractivity contribution < 1.29 is 32.7 Å². The minimum atomic E-state index is -4.53. The normalized spacial score (nSPS) is 18.1. The van der Waals surface area contributed by atoms with Crippen LogP contribution >= 0.6 is 11.6 Å². The Balaban J connectivity index is 1.23. The first-order valence-electron chi connectivity index (χ1n) is 15.5. The van der Waals surface area contributed by atoms with E-state index in [1.54, 1.807) is 4.57 Å². The number of halogens is 4. The van der Waals surface area contributed by atoms with Crippen LogP contribution in [0.25, 0.3) is 11.4 Å². The minimum Gasteiger partial charge on any atom is -0.504 e. The molecule has 1 amide bonds. The van der Waals surface area contributed by atoms with Gasteiger partial charge in [-0.15, -0.1) is 10.5 Å². The maximum absolute atomic E-state index is 14.2. The number of nitrogens with one attached hydrogen (secondary N) is 1. The summed E-state index contributed by atoms with van der Waals surface area (Å²) in [7, 11) is 0. The average molecular weight is 701 g/mol. The number of nitrogens with zero attached hydrogens (tertiary/aromatic N) is 8. The van der Waals surface area contributed by atoms with Crippen LogP contribution < -0.4 is 15.9 Å². The number of benzene rings is 1. The van der Waals surface area contributed by atoms with Gasteiger partial charge in [0.2, 0.25) is 5.78 Å². The molecule has 1 atom stereocenters. The molecule has 3 aliphatic heterocycles. The number of nitroso groups, excluding NO2 is 1. The molecule has 7 rings (SSSR count). The zero-order chi connectivity index (χ0) is 34.6. The number of fused-ring (bicyclic) bond motifs is 3. The smallest absolute Gasteiger partial charge is 0.416 e. The number of rotatable bonds is 6. The third-order valence-corrected chi connectivity index (χ3v) is 9.27. The van der Waals surface area contributed by atoms with Gasteiger partial charge in [-0.3, -0.25) is 9.59 Å². The van der Waals surface area contributed by atoms with Crippen molar-refractivity contribution in [3.05, 3.63) is 85.2 Å². The molecule has 14 nitrogen and oxygen atoms in total. The van der Waals surface area contributed by atoms with Gasteiger partial charge in [0.15, 0.2) is 17.3 Å².